The molecule has 0 fully saturated rings. The van der Waals surface area contributed by atoms with Gasteiger partial charge in [0.2, 0.25) is 0 Å². The van der Waals surface area contributed by atoms with Gasteiger partial charge < -0.3 is 15.3 Å². The van der Waals surface area contributed by atoms with Gasteiger partial charge in [-0.25, -0.2) is 0 Å². The van der Waals surface area contributed by atoms with Crippen LogP contribution in [0.4, 0.5) is 5.69 Å². The molecular formula is C18H32N2O. The number of nitrogens with zero attached hydrogens (tertiary/aromatic N) is 1. The van der Waals surface area contributed by atoms with Crippen molar-refractivity contribution in [3.63, 3.8) is 0 Å². The van der Waals surface area contributed by atoms with Gasteiger partial charge >= 0.3 is 0 Å². The zero-order valence-corrected chi connectivity index (χ0v) is 14.2. The van der Waals surface area contributed by atoms with Crippen molar-refractivity contribution >= 4 is 5.69 Å². The van der Waals surface area contributed by atoms with Gasteiger partial charge in [0, 0.05) is 25.3 Å². The second kappa shape index (κ2) is 9.80. The molecule has 21 heavy (non-hydrogen) atoms. The van der Waals surface area contributed by atoms with Crippen LogP contribution in [-0.4, -0.2) is 31.3 Å². The third-order valence-electron chi connectivity index (χ3n) is 3.71. The Morgan fingerprint density at radius 1 is 1.24 bits per heavy atom. The molecule has 0 aromatic heterocycles. The Morgan fingerprint density at radius 3 is 2.57 bits per heavy atom. The molecule has 120 valence electrons. The first-order chi connectivity index (χ1) is 10.1. The quantitative estimate of drug-likeness (QED) is 0.694. The maximum atomic E-state index is 9.24. The van der Waals surface area contributed by atoms with E-state index in [0.29, 0.717) is 12.5 Å². The van der Waals surface area contributed by atoms with Gasteiger partial charge in [-0.1, -0.05) is 33.3 Å². The first-order valence-electron chi connectivity index (χ1n) is 8.24. The average Bonchev–Trinajstić information content (AvgIpc) is 2.45. The topological polar surface area (TPSA) is 35.5 Å². The van der Waals surface area contributed by atoms with Crippen LogP contribution in [0.5, 0.6) is 0 Å². The molecule has 0 heterocycles. The number of aliphatic hydroxyl groups is 1. The van der Waals surface area contributed by atoms with Crippen molar-refractivity contribution in [1.29, 1.82) is 0 Å². The second-order valence-electron chi connectivity index (χ2n) is 6.20. The molecule has 3 nitrogen and oxygen atoms in total. The number of unbranched alkanes of at least 4 members (excludes halogenated alkanes) is 1. The monoisotopic (exact) mass is 292 g/mol. The Kier molecular flexibility index (Phi) is 8.40. The van der Waals surface area contributed by atoms with Crippen LogP contribution in [0.25, 0.3) is 0 Å². The average molecular weight is 292 g/mol. The minimum Gasteiger partial charge on any atom is -0.395 e. The number of aryl methyl sites for hydroxylation is 1. The van der Waals surface area contributed by atoms with Crippen molar-refractivity contribution in [3.05, 3.63) is 29.3 Å². The van der Waals surface area contributed by atoms with E-state index < -0.39 is 0 Å². The molecule has 0 bridgehead atoms. The molecule has 1 aromatic carbocycles. The Balaban J connectivity index is 2.69. The number of hydrogen-bond acceptors (Lipinski definition) is 3. The third kappa shape index (κ3) is 6.49. The highest BCUT2D eigenvalue weighted by atomic mass is 16.3. The lowest BCUT2D eigenvalue weighted by Crippen LogP contribution is -2.28. The predicted molar refractivity (Wildman–Crippen MR) is 91.9 cm³/mol. The molecule has 0 saturated carbocycles. The fourth-order valence-corrected chi connectivity index (χ4v) is 2.41. The van der Waals surface area contributed by atoms with Crippen molar-refractivity contribution in [2.45, 2.75) is 47.1 Å². The Hall–Kier alpha value is -1.06. The zero-order chi connectivity index (χ0) is 15.7. The summed E-state index contributed by atoms with van der Waals surface area (Å²) < 4.78 is 0. The van der Waals surface area contributed by atoms with Gasteiger partial charge in [-0.05, 0) is 49.1 Å². The summed E-state index contributed by atoms with van der Waals surface area (Å²) in [5.74, 6) is 0.679. The SMILES string of the molecule is CCCCN(CCO)c1ccc(CNCC(C)C)c(C)c1. The molecule has 0 radical (unpaired) electrons. The van der Waals surface area contributed by atoms with Gasteiger partial charge in [0.15, 0.2) is 0 Å². The Labute approximate surface area is 130 Å². The molecule has 0 spiro atoms. The van der Waals surface area contributed by atoms with Crippen molar-refractivity contribution < 1.29 is 5.11 Å². The highest BCUT2D eigenvalue weighted by Crippen LogP contribution is 2.20. The molecule has 0 aliphatic carbocycles. The standard InChI is InChI=1S/C18H32N2O/c1-5-6-9-20(10-11-21)18-8-7-17(16(4)12-18)14-19-13-15(2)3/h7-8,12,15,19,21H,5-6,9-11,13-14H2,1-4H3. The van der Waals surface area contributed by atoms with Crippen molar-refractivity contribution in [3.8, 4) is 0 Å². The molecule has 0 saturated heterocycles. The van der Waals surface area contributed by atoms with Crippen LogP contribution in [0.2, 0.25) is 0 Å². The molecule has 0 amide bonds. The van der Waals surface area contributed by atoms with Crippen LogP contribution in [0.3, 0.4) is 0 Å². The summed E-state index contributed by atoms with van der Waals surface area (Å²) in [6, 6.07) is 6.65. The summed E-state index contributed by atoms with van der Waals surface area (Å²) in [6.07, 6.45) is 2.34. The van der Waals surface area contributed by atoms with Crippen LogP contribution in [0.1, 0.15) is 44.7 Å². The van der Waals surface area contributed by atoms with Gasteiger partial charge in [-0.2, -0.15) is 0 Å². The van der Waals surface area contributed by atoms with E-state index in [-0.39, 0.29) is 6.61 Å². The molecule has 0 aliphatic rings. The molecule has 0 aliphatic heterocycles. The van der Waals surface area contributed by atoms with E-state index in [0.717, 1.165) is 26.1 Å². The summed E-state index contributed by atoms with van der Waals surface area (Å²) in [6.45, 7) is 12.7. The largest absolute Gasteiger partial charge is 0.395 e. The Morgan fingerprint density at radius 2 is 2.00 bits per heavy atom. The van der Waals surface area contributed by atoms with Crippen molar-refractivity contribution in [2.24, 2.45) is 5.92 Å². The summed E-state index contributed by atoms with van der Waals surface area (Å²) in [4.78, 5) is 2.28. The summed E-state index contributed by atoms with van der Waals surface area (Å²) in [7, 11) is 0. The van der Waals surface area contributed by atoms with Crippen molar-refractivity contribution in [2.75, 3.05) is 31.1 Å². The van der Waals surface area contributed by atoms with Crippen LogP contribution < -0.4 is 10.2 Å². The van der Waals surface area contributed by atoms with E-state index in [4.69, 9.17) is 0 Å². The number of anilines is 1. The van der Waals surface area contributed by atoms with Crippen LogP contribution in [-0.2, 0) is 6.54 Å². The first-order valence-corrected chi connectivity index (χ1v) is 8.24. The maximum absolute atomic E-state index is 9.24. The van der Waals surface area contributed by atoms with Gasteiger partial charge in [0.25, 0.3) is 0 Å². The zero-order valence-electron chi connectivity index (χ0n) is 14.2. The molecular weight excluding hydrogens is 260 g/mol. The fraction of sp³-hybridized carbons (Fsp3) is 0.667. The van der Waals surface area contributed by atoms with E-state index in [1.165, 1.54) is 23.2 Å². The normalized spacial score (nSPS) is 11.1. The van der Waals surface area contributed by atoms with E-state index in [9.17, 15) is 5.11 Å². The molecule has 3 heteroatoms. The van der Waals surface area contributed by atoms with E-state index in [1.54, 1.807) is 0 Å². The smallest absolute Gasteiger partial charge is 0.0606 e. The van der Waals surface area contributed by atoms with Gasteiger partial charge in [-0.3, -0.25) is 0 Å². The van der Waals surface area contributed by atoms with Gasteiger partial charge in [0.1, 0.15) is 0 Å². The number of benzene rings is 1. The van der Waals surface area contributed by atoms with Crippen LogP contribution in [0.15, 0.2) is 18.2 Å². The van der Waals surface area contributed by atoms with E-state index >= 15 is 0 Å². The summed E-state index contributed by atoms with van der Waals surface area (Å²) in [5.41, 5.74) is 3.91. The molecule has 0 unspecified atom stereocenters. The first kappa shape index (κ1) is 18.0. The Bertz CT molecular complexity index is 404. The number of nitrogens with one attached hydrogen (secondary N) is 1. The minimum absolute atomic E-state index is 0.209. The lowest BCUT2D eigenvalue weighted by Gasteiger charge is -2.25. The molecule has 0 atom stereocenters. The summed E-state index contributed by atoms with van der Waals surface area (Å²) in [5, 5.41) is 12.7. The minimum atomic E-state index is 0.209. The van der Waals surface area contributed by atoms with Gasteiger partial charge in [-0.15, -0.1) is 0 Å². The predicted octanol–water partition coefficient (Wildman–Crippen LogP) is 3.34. The molecule has 2 N–H and O–H groups in total. The van der Waals surface area contributed by atoms with Crippen molar-refractivity contribution in [1.82, 2.24) is 5.32 Å². The second-order valence-corrected chi connectivity index (χ2v) is 6.20. The van der Waals surface area contributed by atoms with Gasteiger partial charge in [0.05, 0.1) is 6.61 Å². The number of hydrogen-bond donors (Lipinski definition) is 2. The highest BCUT2D eigenvalue weighted by molar-refractivity contribution is 5.50. The number of rotatable bonds is 10. The highest BCUT2D eigenvalue weighted by Gasteiger charge is 2.07. The lowest BCUT2D eigenvalue weighted by atomic mass is 10.1. The van der Waals surface area contributed by atoms with Crippen LogP contribution in [0, 0.1) is 12.8 Å². The van der Waals surface area contributed by atoms with Crippen LogP contribution >= 0.6 is 0 Å². The fourth-order valence-electron chi connectivity index (χ4n) is 2.41. The van der Waals surface area contributed by atoms with E-state index in [2.05, 4.69) is 56.1 Å². The van der Waals surface area contributed by atoms with E-state index in [1.807, 2.05) is 0 Å². The molecule has 1 rings (SSSR count). The maximum Gasteiger partial charge on any atom is 0.0606 e. The number of aliphatic hydroxyl groups excluding tert-OH is 1. The summed E-state index contributed by atoms with van der Waals surface area (Å²) >= 11 is 0. The lowest BCUT2D eigenvalue weighted by molar-refractivity contribution is 0.301. The molecule has 1 aromatic rings. The third-order valence-corrected chi connectivity index (χ3v) is 3.71.